The highest BCUT2D eigenvalue weighted by atomic mass is 16.6. The van der Waals surface area contributed by atoms with Gasteiger partial charge >= 0.3 is 5.97 Å². The van der Waals surface area contributed by atoms with E-state index in [4.69, 9.17) is 4.74 Å². The van der Waals surface area contributed by atoms with Crippen molar-refractivity contribution in [2.45, 2.75) is 24.3 Å². The van der Waals surface area contributed by atoms with Crippen LogP contribution in [0.5, 0.6) is 0 Å². The summed E-state index contributed by atoms with van der Waals surface area (Å²) in [5.41, 5.74) is 2.10. The van der Waals surface area contributed by atoms with Crippen LogP contribution in [0.25, 0.3) is 0 Å². The molecule has 0 aliphatic rings. The Morgan fingerprint density at radius 1 is 0.789 bits per heavy atom. The van der Waals surface area contributed by atoms with Crippen molar-refractivity contribution in [3.63, 3.8) is 0 Å². The van der Waals surface area contributed by atoms with Gasteiger partial charge in [-0.2, -0.15) is 0 Å². The van der Waals surface area contributed by atoms with Crippen LogP contribution in [0.1, 0.15) is 28.7 Å². The standard InChI is InChI=1S/C31H28N2O5/c1-38-30(35)27(21-23-13-11-12-20-28(23)33(36)37)32-29(34)22-31(24-14-5-2-6-15-24,25-16-7-3-8-17-25)26-18-9-4-10-19-26/h2-20,27H,21-22H2,1H3,(H,32,34)/t27-/m1/s1. The molecule has 1 amide bonds. The van der Waals surface area contributed by atoms with Gasteiger partial charge in [0.1, 0.15) is 6.04 Å². The van der Waals surface area contributed by atoms with Crippen LogP contribution in [-0.2, 0) is 26.2 Å². The molecule has 7 heteroatoms. The van der Waals surface area contributed by atoms with Gasteiger partial charge in [0, 0.05) is 24.5 Å². The largest absolute Gasteiger partial charge is 0.467 e. The van der Waals surface area contributed by atoms with E-state index < -0.39 is 28.3 Å². The van der Waals surface area contributed by atoms with Crippen molar-refractivity contribution < 1.29 is 19.2 Å². The zero-order valence-electron chi connectivity index (χ0n) is 20.9. The molecule has 4 aromatic carbocycles. The molecule has 0 saturated carbocycles. The summed E-state index contributed by atoms with van der Waals surface area (Å²) in [4.78, 5) is 37.5. The van der Waals surface area contributed by atoms with E-state index >= 15 is 0 Å². The van der Waals surface area contributed by atoms with Crippen molar-refractivity contribution in [3.05, 3.63) is 148 Å². The number of nitrogens with zero attached hydrogens (tertiary/aromatic N) is 1. The van der Waals surface area contributed by atoms with Gasteiger partial charge in [-0.15, -0.1) is 0 Å². The fraction of sp³-hybridized carbons (Fsp3) is 0.161. The number of para-hydroxylation sites is 1. The number of methoxy groups -OCH3 is 1. The average Bonchev–Trinajstić information content (AvgIpc) is 2.96. The van der Waals surface area contributed by atoms with Gasteiger partial charge in [-0.25, -0.2) is 4.79 Å². The van der Waals surface area contributed by atoms with Crippen molar-refractivity contribution >= 4 is 17.6 Å². The maximum Gasteiger partial charge on any atom is 0.328 e. The van der Waals surface area contributed by atoms with Crippen LogP contribution in [0.3, 0.4) is 0 Å². The van der Waals surface area contributed by atoms with Gasteiger partial charge in [-0.05, 0) is 16.7 Å². The van der Waals surface area contributed by atoms with E-state index in [-0.39, 0.29) is 18.5 Å². The fourth-order valence-electron chi connectivity index (χ4n) is 4.88. The Labute approximate surface area is 221 Å². The highest BCUT2D eigenvalue weighted by molar-refractivity contribution is 5.86. The van der Waals surface area contributed by atoms with Gasteiger partial charge in [0.15, 0.2) is 0 Å². The molecule has 1 N–H and O–H groups in total. The number of nitro benzene ring substituents is 1. The summed E-state index contributed by atoms with van der Waals surface area (Å²) >= 11 is 0. The molecule has 4 aromatic rings. The molecule has 0 aliphatic heterocycles. The quantitative estimate of drug-likeness (QED) is 0.137. The third-order valence-corrected chi connectivity index (χ3v) is 6.66. The number of benzene rings is 4. The number of carbonyl (C=O) groups excluding carboxylic acids is 2. The number of nitrogens with one attached hydrogen (secondary N) is 1. The molecular formula is C31H28N2O5. The Balaban J connectivity index is 1.74. The molecule has 0 aromatic heterocycles. The second-order valence-electron chi connectivity index (χ2n) is 8.91. The Morgan fingerprint density at radius 3 is 1.68 bits per heavy atom. The molecule has 0 aliphatic carbocycles. The minimum absolute atomic E-state index is 0.00455. The molecule has 0 radical (unpaired) electrons. The van der Waals surface area contributed by atoms with Gasteiger partial charge in [0.2, 0.25) is 5.91 Å². The minimum Gasteiger partial charge on any atom is -0.467 e. The van der Waals surface area contributed by atoms with Crippen LogP contribution < -0.4 is 5.32 Å². The number of hydrogen-bond donors (Lipinski definition) is 1. The first-order chi connectivity index (χ1) is 18.5. The number of rotatable bonds is 10. The molecule has 192 valence electrons. The summed E-state index contributed by atoms with van der Waals surface area (Å²) in [6.45, 7) is 0. The van der Waals surface area contributed by atoms with Crippen molar-refractivity contribution in [2.24, 2.45) is 0 Å². The lowest BCUT2D eigenvalue weighted by molar-refractivity contribution is -0.385. The lowest BCUT2D eigenvalue weighted by Crippen LogP contribution is -2.46. The molecule has 0 fully saturated rings. The predicted molar refractivity (Wildman–Crippen MR) is 145 cm³/mol. The first-order valence-electron chi connectivity index (χ1n) is 12.2. The van der Waals surface area contributed by atoms with Crippen LogP contribution in [0.2, 0.25) is 0 Å². The molecule has 0 heterocycles. The number of nitro groups is 1. The highest BCUT2D eigenvalue weighted by Gasteiger charge is 2.39. The Morgan fingerprint density at radius 2 is 1.24 bits per heavy atom. The van der Waals surface area contributed by atoms with E-state index in [1.807, 2.05) is 91.0 Å². The summed E-state index contributed by atoms with van der Waals surface area (Å²) in [5, 5.41) is 14.3. The number of amides is 1. The van der Waals surface area contributed by atoms with E-state index in [1.165, 1.54) is 13.2 Å². The van der Waals surface area contributed by atoms with Crippen LogP contribution in [0.4, 0.5) is 5.69 Å². The normalized spacial score (nSPS) is 11.8. The van der Waals surface area contributed by atoms with Crippen molar-refractivity contribution in [2.75, 3.05) is 7.11 Å². The van der Waals surface area contributed by atoms with E-state index in [9.17, 15) is 19.7 Å². The van der Waals surface area contributed by atoms with Gasteiger partial charge in [0.25, 0.3) is 5.69 Å². The lowest BCUT2D eigenvalue weighted by Gasteiger charge is -2.36. The van der Waals surface area contributed by atoms with Gasteiger partial charge in [-0.3, -0.25) is 14.9 Å². The van der Waals surface area contributed by atoms with Gasteiger partial charge in [-0.1, -0.05) is 109 Å². The molecule has 0 saturated heterocycles. The van der Waals surface area contributed by atoms with Crippen molar-refractivity contribution in [1.29, 1.82) is 0 Å². The zero-order chi connectivity index (χ0) is 27.0. The Bertz CT molecular complexity index is 1300. The van der Waals surface area contributed by atoms with Gasteiger partial charge in [0.05, 0.1) is 17.4 Å². The lowest BCUT2D eigenvalue weighted by atomic mass is 9.67. The summed E-state index contributed by atoms with van der Waals surface area (Å²) in [6, 6.07) is 34.3. The molecule has 0 spiro atoms. The molecular weight excluding hydrogens is 480 g/mol. The van der Waals surface area contributed by atoms with E-state index in [1.54, 1.807) is 18.2 Å². The fourth-order valence-corrected chi connectivity index (χ4v) is 4.88. The highest BCUT2D eigenvalue weighted by Crippen LogP contribution is 2.42. The summed E-state index contributed by atoms with van der Waals surface area (Å²) < 4.78 is 4.95. The first kappa shape index (κ1) is 26.3. The Hall–Kier alpha value is -4.78. The predicted octanol–water partition coefficient (Wildman–Crippen LogP) is 5.22. The zero-order valence-corrected chi connectivity index (χ0v) is 20.9. The average molecular weight is 509 g/mol. The number of ether oxygens (including phenoxy) is 1. The number of esters is 1. The second kappa shape index (κ2) is 12.0. The minimum atomic E-state index is -1.10. The second-order valence-corrected chi connectivity index (χ2v) is 8.91. The smallest absolute Gasteiger partial charge is 0.328 e. The van der Waals surface area contributed by atoms with E-state index in [0.29, 0.717) is 5.56 Å². The SMILES string of the molecule is COC(=O)[C@@H](Cc1ccccc1[N+](=O)[O-])NC(=O)CC(c1ccccc1)(c1ccccc1)c1ccccc1. The van der Waals surface area contributed by atoms with Crippen LogP contribution in [0, 0.1) is 10.1 Å². The summed E-state index contributed by atoms with van der Waals surface area (Å²) in [6.07, 6.45) is -0.0833. The molecule has 38 heavy (non-hydrogen) atoms. The molecule has 7 nitrogen and oxygen atoms in total. The maximum absolute atomic E-state index is 13.8. The first-order valence-corrected chi connectivity index (χ1v) is 12.2. The third-order valence-electron chi connectivity index (χ3n) is 6.66. The number of hydrogen-bond acceptors (Lipinski definition) is 5. The third kappa shape index (κ3) is 5.62. The van der Waals surface area contributed by atoms with Crippen molar-refractivity contribution in [1.82, 2.24) is 5.32 Å². The molecule has 4 rings (SSSR count). The van der Waals surface area contributed by atoms with Crippen LogP contribution in [0.15, 0.2) is 115 Å². The molecule has 1 atom stereocenters. The van der Waals surface area contributed by atoms with Crippen LogP contribution >= 0.6 is 0 Å². The monoisotopic (exact) mass is 508 g/mol. The Kier molecular flexibility index (Phi) is 8.28. The van der Waals surface area contributed by atoms with Gasteiger partial charge < -0.3 is 10.1 Å². The maximum atomic E-state index is 13.8. The van der Waals surface area contributed by atoms with E-state index in [0.717, 1.165) is 16.7 Å². The molecule has 0 bridgehead atoms. The van der Waals surface area contributed by atoms with Crippen molar-refractivity contribution in [3.8, 4) is 0 Å². The summed E-state index contributed by atoms with van der Waals surface area (Å²) in [5.74, 6) is -1.07. The number of carbonyl (C=O) groups is 2. The topological polar surface area (TPSA) is 98.5 Å². The van der Waals surface area contributed by atoms with Crippen LogP contribution in [-0.4, -0.2) is 30.0 Å². The molecule has 0 unspecified atom stereocenters. The summed E-state index contributed by atoms with van der Waals surface area (Å²) in [7, 11) is 1.23. The van der Waals surface area contributed by atoms with E-state index in [2.05, 4.69) is 5.32 Å².